The van der Waals surface area contributed by atoms with Crippen LogP contribution in [-0.2, 0) is 5.92 Å². The predicted molar refractivity (Wildman–Crippen MR) is 107 cm³/mol. The maximum atomic E-state index is 15.4. The first-order valence-corrected chi connectivity index (χ1v) is 9.82. The minimum atomic E-state index is -3.40. The number of alkyl halides is 2. The van der Waals surface area contributed by atoms with Crippen LogP contribution < -0.4 is 11.1 Å². The zero-order valence-corrected chi connectivity index (χ0v) is 16.3. The average molecular weight is 425 g/mol. The van der Waals surface area contributed by atoms with Crippen molar-refractivity contribution >= 4 is 33.3 Å². The first-order valence-electron chi connectivity index (χ1n) is 9.00. The highest BCUT2D eigenvalue weighted by Gasteiger charge is 2.34. The van der Waals surface area contributed by atoms with Crippen molar-refractivity contribution in [3.05, 3.63) is 41.0 Å². The summed E-state index contributed by atoms with van der Waals surface area (Å²) in [5.41, 5.74) is 4.92. The largest absolute Gasteiger partial charge is 0.396 e. The molecule has 5 N–H and O–H groups in total. The van der Waals surface area contributed by atoms with Gasteiger partial charge in [-0.1, -0.05) is 11.5 Å². The highest BCUT2D eigenvalue weighted by molar-refractivity contribution is 7.15. The van der Waals surface area contributed by atoms with Gasteiger partial charge in [-0.2, -0.15) is 0 Å². The van der Waals surface area contributed by atoms with E-state index in [0.29, 0.717) is 33.1 Å². The predicted octanol–water partition coefficient (Wildman–Crippen LogP) is 4.10. The number of aromatic amines is 1. The third-order valence-corrected chi connectivity index (χ3v) is 6.01. The molecule has 1 fully saturated rings. The van der Waals surface area contributed by atoms with Crippen molar-refractivity contribution in [2.45, 2.75) is 12.8 Å². The third kappa shape index (κ3) is 3.25. The number of amidine groups is 1. The molecule has 2 heterocycles. The maximum Gasteiger partial charge on any atom is 0.271 e. The SMILES string of the molecule is CC(F)(F)c1cc(C(=N)N2CCNCC2)c(N)c(F)c1-c1ccc(F)c2s[nH]c12. The van der Waals surface area contributed by atoms with Gasteiger partial charge in [0.15, 0.2) is 5.82 Å². The summed E-state index contributed by atoms with van der Waals surface area (Å²) in [5, 5.41) is 11.5. The number of nitrogen functional groups attached to an aromatic ring is 1. The van der Waals surface area contributed by atoms with E-state index >= 15 is 4.39 Å². The van der Waals surface area contributed by atoms with Crippen molar-refractivity contribution in [1.82, 2.24) is 14.6 Å². The van der Waals surface area contributed by atoms with E-state index in [2.05, 4.69) is 9.69 Å². The molecular weight excluding hydrogens is 406 g/mol. The second-order valence-corrected chi connectivity index (χ2v) is 7.87. The standard InChI is InChI=1S/C19H19F4N5S/c1-19(22,23)11-8-10(18(25)28-6-4-26-5-7-28)15(24)14(21)13(11)9-2-3-12(20)17-16(9)27-29-17/h2-3,8,25-27H,4-7,24H2,1H3. The number of hydrogen-bond donors (Lipinski definition) is 4. The molecule has 4 rings (SSSR count). The number of nitrogens with one attached hydrogen (secondary N) is 3. The van der Waals surface area contributed by atoms with E-state index in [9.17, 15) is 13.2 Å². The second-order valence-electron chi connectivity index (χ2n) is 7.05. The van der Waals surface area contributed by atoms with Crippen LogP contribution in [0.25, 0.3) is 21.3 Å². The number of hydrogen-bond acceptors (Lipinski definition) is 4. The summed E-state index contributed by atoms with van der Waals surface area (Å²) in [5.74, 6) is -5.05. The smallest absolute Gasteiger partial charge is 0.271 e. The molecule has 0 atom stereocenters. The van der Waals surface area contributed by atoms with Gasteiger partial charge in [0.2, 0.25) is 0 Å². The van der Waals surface area contributed by atoms with Crippen molar-refractivity contribution in [2.75, 3.05) is 31.9 Å². The molecule has 1 saturated heterocycles. The van der Waals surface area contributed by atoms with Crippen LogP contribution in [0.4, 0.5) is 23.2 Å². The molecule has 29 heavy (non-hydrogen) atoms. The van der Waals surface area contributed by atoms with Gasteiger partial charge in [-0.3, -0.25) is 5.41 Å². The Labute approximate surface area is 168 Å². The van der Waals surface area contributed by atoms with E-state index < -0.39 is 23.1 Å². The number of fused-ring (bicyclic) bond motifs is 1. The molecule has 5 nitrogen and oxygen atoms in total. The number of nitrogens with two attached hydrogens (primary N) is 1. The Morgan fingerprint density at radius 2 is 1.93 bits per heavy atom. The molecule has 0 unspecified atom stereocenters. The van der Waals surface area contributed by atoms with Gasteiger partial charge in [-0.05, 0) is 18.2 Å². The monoisotopic (exact) mass is 425 g/mol. The molecule has 1 aliphatic rings. The number of halogens is 4. The third-order valence-electron chi connectivity index (χ3n) is 5.10. The Bertz CT molecular complexity index is 1090. The molecule has 10 heteroatoms. The fourth-order valence-corrected chi connectivity index (χ4v) is 4.24. The number of H-pyrrole nitrogens is 1. The van der Waals surface area contributed by atoms with Crippen molar-refractivity contribution in [3.8, 4) is 11.1 Å². The van der Waals surface area contributed by atoms with Crippen molar-refractivity contribution in [2.24, 2.45) is 0 Å². The molecule has 1 aliphatic heterocycles. The first kappa shape index (κ1) is 19.7. The molecule has 0 spiro atoms. The molecule has 0 radical (unpaired) electrons. The van der Waals surface area contributed by atoms with Crippen LogP contribution in [-0.4, -0.2) is 41.3 Å². The summed E-state index contributed by atoms with van der Waals surface area (Å²) >= 11 is 1.00. The lowest BCUT2D eigenvalue weighted by atomic mass is 9.91. The summed E-state index contributed by atoms with van der Waals surface area (Å²) in [6, 6.07) is 3.46. The lowest BCUT2D eigenvalue weighted by Crippen LogP contribution is -2.46. The van der Waals surface area contributed by atoms with Crippen LogP contribution in [0.15, 0.2) is 18.2 Å². The molecule has 0 bridgehead atoms. The van der Waals surface area contributed by atoms with Crippen LogP contribution in [0.1, 0.15) is 18.1 Å². The Kier molecular flexibility index (Phi) is 4.78. The topological polar surface area (TPSA) is 80.9 Å². The Morgan fingerprint density at radius 1 is 1.24 bits per heavy atom. The van der Waals surface area contributed by atoms with E-state index in [1.54, 1.807) is 4.90 Å². The summed E-state index contributed by atoms with van der Waals surface area (Å²) in [4.78, 5) is 1.67. The van der Waals surface area contributed by atoms with Gasteiger partial charge in [0.25, 0.3) is 5.92 Å². The lowest BCUT2D eigenvalue weighted by Gasteiger charge is -2.31. The van der Waals surface area contributed by atoms with Crippen molar-refractivity contribution < 1.29 is 17.6 Å². The highest BCUT2D eigenvalue weighted by atomic mass is 32.1. The van der Waals surface area contributed by atoms with Gasteiger partial charge in [-0.15, -0.1) is 0 Å². The van der Waals surface area contributed by atoms with Crippen molar-refractivity contribution in [1.29, 1.82) is 5.41 Å². The minimum Gasteiger partial charge on any atom is -0.396 e. The summed E-state index contributed by atoms with van der Waals surface area (Å²) in [6.45, 7) is 2.91. The Hall–Kier alpha value is -2.59. The second kappa shape index (κ2) is 7.03. The van der Waals surface area contributed by atoms with Gasteiger partial charge in [0.05, 0.1) is 11.2 Å². The quantitative estimate of drug-likeness (QED) is 0.221. The lowest BCUT2D eigenvalue weighted by molar-refractivity contribution is 0.0178. The van der Waals surface area contributed by atoms with Crippen LogP contribution >= 0.6 is 11.5 Å². The highest BCUT2D eigenvalue weighted by Crippen LogP contribution is 2.44. The molecule has 0 saturated carbocycles. The minimum absolute atomic E-state index is 0.0760. The molecule has 3 aromatic rings. The fourth-order valence-electron chi connectivity index (χ4n) is 3.55. The van der Waals surface area contributed by atoms with E-state index in [1.165, 1.54) is 6.07 Å². The van der Waals surface area contributed by atoms with E-state index in [0.717, 1.165) is 23.7 Å². The summed E-state index contributed by atoms with van der Waals surface area (Å²) in [6.07, 6.45) is 0. The number of rotatable bonds is 3. The fraction of sp³-hybridized carbons (Fsp3) is 0.316. The Morgan fingerprint density at radius 3 is 2.52 bits per heavy atom. The molecule has 0 amide bonds. The zero-order valence-electron chi connectivity index (χ0n) is 15.5. The van der Waals surface area contributed by atoms with Crippen LogP contribution in [0.3, 0.4) is 0 Å². The molecular formula is C19H19F4N5S. The molecule has 154 valence electrons. The number of piperazine rings is 1. The van der Waals surface area contributed by atoms with E-state index in [4.69, 9.17) is 11.1 Å². The Balaban J connectivity index is 1.92. The maximum absolute atomic E-state index is 15.4. The first-order chi connectivity index (χ1) is 13.7. The summed E-state index contributed by atoms with van der Waals surface area (Å²) < 4.78 is 61.3. The van der Waals surface area contributed by atoms with Gasteiger partial charge in [0.1, 0.15) is 16.4 Å². The number of benzene rings is 2. The van der Waals surface area contributed by atoms with Crippen molar-refractivity contribution in [3.63, 3.8) is 0 Å². The van der Waals surface area contributed by atoms with Gasteiger partial charge < -0.3 is 20.3 Å². The normalized spacial score (nSPS) is 15.3. The average Bonchev–Trinajstić information content (AvgIpc) is 2.64. The van der Waals surface area contributed by atoms with Crippen LogP contribution in [0.5, 0.6) is 0 Å². The van der Waals surface area contributed by atoms with Crippen LogP contribution in [0.2, 0.25) is 0 Å². The number of nitrogens with zero attached hydrogens (tertiary/aromatic N) is 1. The zero-order chi connectivity index (χ0) is 20.9. The van der Waals surface area contributed by atoms with E-state index in [1.807, 2.05) is 0 Å². The molecule has 2 aromatic carbocycles. The number of anilines is 1. The van der Waals surface area contributed by atoms with Crippen LogP contribution in [0, 0.1) is 17.0 Å². The number of aromatic nitrogens is 1. The van der Waals surface area contributed by atoms with E-state index in [-0.39, 0.29) is 38.4 Å². The van der Waals surface area contributed by atoms with Gasteiger partial charge in [-0.25, -0.2) is 17.6 Å². The molecule has 1 aromatic heterocycles. The van der Waals surface area contributed by atoms with Gasteiger partial charge >= 0.3 is 0 Å². The van der Waals surface area contributed by atoms with Gasteiger partial charge in [0, 0.05) is 55.4 Å². The summed E-state index contributed by atoms with van der Waals surface area (Å²) in [7, 11) is 0. The molecule has 0 aliphatic carbocycles.